The zero-order chi connectivity index (χ0) is 18.6. The first-order valence-corrected chi connectivity index (χ1v) is 10.7. The zero-order valence-corrected chi connectivity index (χ0v) is 17.2. The summed E-state index contributed by atoms with van der Waals surface area (Å²) in [5, 5.41) is 3.70. The van der Waals surface area contributed by atoms with Gasteiger partial charge in [0.1, 0.15) is 12.4 Å². The number of benzene rings is 2. The number of hydrogen-bond donors (Lipinski definition) is 2. The van der Waals surface area contributed by atoms with E-state index in [1.807, 2.05) is 12.1 Å². The Balaban J connectivity index is 1.19. The Morgan fingerprint density at radius 3 is 2.78 bits per heavy atom. The highest BCUT2D eigenvalue weighted by Gasteiger charge is 2.37. The van der Waals surface area contributed by atoms with Crippen molar-refractivity contribution < 1.29 is 4.74 Å². The van der Waals surface area contributed by atoms with Crippen LogP contribution in [0, 0.1) is 0 Å². The molecule has 4 nitrogen and oxygen atoms in total. The highest BCUT2D eigenvalue weighted by Crippen LogP contribution is 2.41. The molecule has 3 atom stereocenters. The summed E-state index contributed by atoms with van der Waals surface area (Å²) in [7, 11) is 0. The third-order valence-electron chi connectivity index (χ3n) is 5.54. The van der Waals surface area contributed by atoms with Crippen LogP contribution in [-0.4, -0.2) is 43.2 Å². The molecule has 2 aliphatic rings. The van der Waals surface area contributed by atoms with E-state index in [-0.39, 0.29) is 0 Å². The first-order chi connectivity index (χ1) is 13.2. The van der Waals surface area contributed by atoms with Crippen LogP contribution in [-0.2, 0) is 6.61 Å². The minimum absolute atomic E-state index is 0.378. The van der Waals surface area contributed by atoms with Crippen molar-refractivity contribution >= 4 is 15.9 Å². The van der Waals surface area contributed by atoms with E-state index in [9.17, 15) is 0 Å². The van der Waals surface area contributed by atoms with E-state index in [1.54, 1.807) is 0 Å². The number of nitrogens with zero attached hydrogens (tertiary/aromatic N) is 1. The monoisotopic (exact) mass is 429 g/mol. The Morgan fingerprint density at radius 2 is 2.04 bits per heavy atom. The molecular weight excluding hydrogens is 402 g/mol. The molecule has 1 aliphatic heterocycles. The van der Waals surface area contributed by atoms with Crippen LogP contribution in [0.25, 0.3) is 0 Å². The van der Waals surface area contributed by atoms with Gasteiger partial charge in [0.25, 0.3) is 0 Å². The summed E-state index contributed by atoms with van der Waals surface area (Å²) < 4.78 is 6.99. The normalized spacial score (nSPS) is 24.9. The van der Waals surface area contributed by atoms with Crippen LogP contribution < -0.4 is 15.8 Å². The lowest BCUT2D eigenvalue weighted by molar-refractivity contribution is 0.306. The lowest BCUT2D eigenvalue weighted by atomic mass is 10.1. The van der Waals surface area contributed by atoms with Gasteiger partial charge < -0.3 is 20.7 Å². The van der Waals surface area contributed by atoms with Crippen LogP contribution in [0.2, 0.25) is 0 Å². The Morgan fingerprint density at radius 1 is 1.19 bits per heavy atom. The van der Waals surface area contributed by atoms with Crippen molar-refractivity contribution in [2.45, 2.75) is 37.5 Å². The molecule has 144 valence electrons. The van der Waals surface area contributed by atoms with Crippen LogP contribution in [0.15, 0.2) is 53.0 Å². The van der Waals surface area contributed by atoms with Crippen molar-refractivity contribution in [3.05, 3.63) is 64.1 Å². The maximum absolute atomic E-state index is 5.97. The number of nitrogens with two attached hydrogens (primary N) is 1. The highest BCUT2D eigenvalue weighted by molar-refractivity contribution is 9.10. The predicted octanol–water partition coefficient (Wildman–Crippen LogP) is 3.51. The molecule has 0 bridgehead atoms. The van der Waals surface area contributed by atoms with Gasteiger partial charge in [-0.2, -0.15) is 0 Å². The summed E-state index contributed by atoms with van der Waals surface area (Å²) in [6, 6.07) is 17.8. The summed E-state index contributed by atoms with van der Waals surface area (Å²) in [5.74, 6) is 1.57. The number of nitrogens with one attached hydrogen (secondary N) is 1. The summed E-state index contributed by atoms with van der Waals surface area (Å²) in [4.78, 5) is 2.46. The van der Waals surface area contributed by atoms with Gasteiger partial charge in [-0.25, -0.2) is 0 Å². The molecule has 0 amide bonds. The number of rotatable bonds is 8. The van der Waals surface area contributed by atoms with Gasteiger partial charge in [-0.1, -0.05) is 40.2 Å². The van der Waals surface area contributed by atoms with Gasteiger partial charge in [-0.15, -0.1) is 0 Å². The molecule has 2 fully saturated rings. The molecule has 3 N–H and O–H groups in total. The average Bonchev–Trinajstić information content (AvgIpc) is 3.32. The van der Waals surface area contributed by atoms with Crippen molar-refractivity contribution in [2.24, 2.45) is 5.73 Å². The van der Waals surface area contributed by atoms with Gasteiger partial charge in [0.05, 0.1) is 0 Å². The molecule has 1 saturated heterocycles. The van der Waals surface area contributed by atoms with Crippen LogP contribution >= 0.6 is 15.9 Å². The Kier molecular flexibility index (Phi) is 6.13. The molecule has 0 spiro atoms. The van der Waals surface area contributed by atoms with Crippen molar-refractivity contribution in [2.75, 3.05) is 26.2 Å². The van der Waals surface area contributed by atoms with Gasteiger partial charge in [0, 0.05) is 42.1 Å². The molecule has 27 heavy (non-hydrogen) atoms. The quantitative estimate of drug-likeness (QED) is 0.673. The molecule has 4 rings (SSSR count). The van der Waals surface area contributed by atoms with Gasteiger partial charge in [-0.3, -0.25) is 0 Å². The fourth-order valence-corrected chi connectivity index (χ4v) is 4.31. The van der Waals surface area contributed by atoms with E-state index < -0.39 is 0 Å². The third-order valence-corrected chi connectivity index (χ3v) is 6.03. The zero-order valence-electron chi connectivity index (χ0n) is 15.6. The number of ether oxygens (including phenoxy) is 1. The van der Waals surface area contributed by atoms with Gasteiger partial charge in [0.15, 0.2) is 0 Å². The molecule has 0 radical (unpaired) electrons. The summed E-state index contributed by atoms with van der Waals surface area (Å²) in [5.41, 5.74) is 8.54. The van der Waals surface area contributed by atoms with E-state index in [4.69, 9.17) is 10.5 Å². The maximum Gasteiger partial charge on any atom is 0.119 e. The standard InChI is InChI=1S/C22H28BrN3O/c23-18-3-1-2-16(12-18)15-27-20-6-4-17(5-7-20)21-13-22(21)25-9-11-26-10-8-19(24)14-26/h1-7,12,19,21-22,25H,8-11,13-15,24H2. The molecule has 1 aliphatic carbocycles. The smallest absolute Gasteiger partial charge is 0.119 e. The largest absolute Gasteiger partial charge is 0.489 e. The van der Waals surface area contributed by atoms with Crippen molar-refractivity contribution in [3.63, 3.8) is 0 Å². The van der Waals surface area contributed by atoms with E-state index in [0.29, 0.717) is 24.6 Å². The van der Waals surface area contributed by atoms with E-state index in [1.165, 1.54) is 17.5 Å². The summed E-state index contributed by atoms with van der Waals surface area (Å²) in [6.45, 7) is 4.96. The van der Waals surface area contributed by atoms with Crippen LogP contribution in [0.5, 0.6) is 5.75 Å². The molecule has 2 aromatic rings. The van der Waals surface area contributed by atoms with Gasteiger partial charge >= 0.3 is 0 Å². The van der Waals surface area contributed by atoms with Crippen molar-refractivity contribution in [1.29, 1.82) is 0 Å². The van der Waals surface area contributed by atoms with E-state index in [0.717, 1.165) is 42.8 Å². The molecule has 1 saturated carbocycles. The molecule has 3 unspecified atom stereocenters. The van der Waals surface area contributed by atoms with Gasteiger partial charge in [0.2, 0.25) is 0 Å². The topological polar surface area (TPSA) is 50.5 Å². The SMILES string of the molecule is NC1CCN(CCNC2CC2c2ccc(OCc3cccc(Br)c3)cc2)C1. The highest BCUT2D eigenvalue weighted by atomic mass is 79.9. The first kappa shape index (κ1) is 18.9. The summed E-state index contributed by atoms with van der Waals surface area (Å²) >= 11 is 3.50. The van der Waals surface area contributed by atoms with Crippen LogP contribution in [0.3, 0.4) is 0 Å². The van der Waals surface area contributed by atoms with Crippen LogP contribution in [0.1, 0.15) is 29.9 Å². The Bertz CT molecular complexity index is 751. The summed E-state index contributed by atoms with van der Waals surface area (Å²) in [6.07, 6.45) is 2.37. The fourth-order valence-electron chi connectivity index (χ4n) is 3.87. The molecule has 2 aromatic carbocycles. The second kappa shape index (κ2) is 8.74. The fraction of sp³-hybridized carbons (Fsp3) is 0.455. The maximum atomic E-state index is 5.97. The van der Waals surface area contributed by atoms with E-state index >= 15 is 0 Å². The second-order valence-corrected chi connectivity index (χ2v) is 8.66. The lowest BCUT2D eigenvalue weighted by Crippen LogP contribution is -2.33. The number of hydrogen-bond acceptors (Lipinski definition) is 4. The second-order valence-electron chi connectivity index (χ2n) is 7.74. The van der Waals surface area contributed by atoms with Crippen LogP contribution in [0.4, 0.5) is 0 Å². The van der Waals surface area contributed by atoms with Crippen molar-refractivity contribution in [1.82, 2.24) is 10.2 Å². The lowest BCUT2D eigenvalue weighted by Gasteiger charge is -2.15. The third kappa shape index (κ3) is 5.32. The predicted molar refractivity (Wildman–Crippen MR) is 113 cm³/mol. The Labute approximate surface area is 170 Å². The Hall–Kier alpha value is -1.40. The van der Waals surface area contributed by atoms with Crippen molar-refractivity contribution in [3.8, 4) is 5.75 Å². The molecule has 5 heteroatoms. The first-order valence-electron chi connectivity index (χ1n) is 9.86. The molecule has 0 aromatic heterocycles. The van der Waals surface area contributed by atoms with E-state index in [2.05, 4.69) is 62.5 Å². The minimum atomic E-state index is 0.378. The number of halogens is 1. The van der Waals surface area contributed by atoms with Gasteiger partial charge in [-0.05, 0) is 54.8 Å². The molecular formula is C22H28BrN3O. The number of likely N-dealkylation sites (tertiary alicyclic amines) is 1. The minimum Gasteiger partial charge on any atom is -0.489 e. The molecule has 1 heterocycles. The average molecular weight is 430 g/mol.